The van der Waals surface area contributed by atoms with Crippen LogP contribution in [0, 0.1) is 5.92 Å². The average molecular weight is 299 g/mol. The molecule has 2 atom stereocenters. The first-order valence-corrected chi connectivity index (χ1v) is 7.35. The van der Waals surface area contributed by atoms with Gasteiger partial charge in [-0.25, -0.2) is 0 Å². The van der Waals surface area contributed by atoms with Crippen LogP contribution in [0.3, 0.4) is 0 Å². The third kappa shape index (κ3) is 4.70. The normalized spacial score (nSPS) is 19.6. The van der Waals surface area contributed by atoms with E-state index in [2.05, 4.69) is 10.6 Å². The van der Waals surface area contributed by atoms with Crippen LogP contribution in [0.4, 0.5) is 0 Å². The molecule has 1 aliphatic heterocycles. The molecule has 1 heterocycles. The van der Waals surface area contributed by atoms with Crippen LogP contribution < -0.4 is 10.6 Å². The molecule has 2 unspecified atom stereocenters. The predicted octanol–water partition coefficient (Wildman–Crippen LogP) is -0.188. The number of nitrogens with one attached hydrogen (secondary N) is 2. The molecule has 0 saturated carbocycles. The second-order valence-corrected chi connectivity index (χ2v) is 5.62. The largest absolute Gasteiger partial charge is 0.481 e. The van der Waals surface area contributed by atoms with Gasteiger partial charge in [0.1, 0.15) is 6.04 Å². The summed E-state index contributed by atoms with van der Waals surface area (Å²) in [4.78, 5) is 36.6. The lowest BCUT2D eigenvalue weighted by Crippen LogP contribution is -2.54. The lowest BCUT2D eigenvalue weighted by Gasteiger charge is -2.30. The van der Waals surface area contributed by atoms with Crippen molar-refractivity contribution in [3.05, 3.63) is 0 Å². The standard InChI is InChI=1S/C14H25N3O4/c1-9(2)12(16-7-6-11(18)19)14(21)17-8-4-5-10(17)13(20)15-3/h9-10,12,16H,4-8H2,1-3H3,(H,15,20)(H,18,19). The molecule has 3 N–H and O–H groups in total. The highest BCUT2D eigenvalue weighted by Gasteiger charge is 2.37. The Kier molecular flexibility index (Phi) is 6.61. The lowest BCUT2D eigenvalue weighted by atomic mass is 10.0. The number of aliphatic carboxylic acids is 1. The summed E-state index contributed by atoms with van der Waals surface area (Å²) in [6.07, 6.45) is 1.45. The molecular formula is C14H25N3O4. The van der Waals surface area contributed by atoms with E-state index < -0.39 is 18.1 Å². The molecule has 1 fully saturated rings. The molecule has 0 aromatic heterocycles. The Hall–Kier alpha value is -1.63. The highest BCUT2D eigenvalue weighted by molar-refractivity contribution is 5.90. The van der Waals surface area contributed by atoms with Gasteiger partial charge in [0.15, 0.2) is 0 Å². The van der Waals surface area contributed by atoms with Gasteiger partial charge in [-0.05, 0) is 18.8 Å². The van der Waals surface area contributed by atoms with Crippen molar-refractivity contribution < 1.29 is 19.5 Å². The van der Waals surface area contributed by atoms with E-state index in [0.29, 0.717) is 13.0 Å². The van der Waals surface area contributed by atoms with Crippen LogP contribution in [0.5, 0.6) is 0 Å². The Morgan fingerprint density at radius 3 is 2.52 bits per heavy atom. The van der Waals surface area contributed by atoms with Gasteiger partial charge in [0.2, 0.25) is 11.8 Å². The molecule has 1 aliphatic rings. The monoisotopic (exact) mass is 299 g/mol. The summed E-state index contributed by atoms with van der Waals surface area (Å²) >= 11 is 0. The Balaban J connectivity index is 2.71. The molecule has 21 heavy (non-hydrogen) atoms. The molecule has 7 nitrogen and oxygen atoms in total. The van der Waals surface area contributed by atoms with E-state index in [-0.39, 0.29) is 30.7 Å². The van der Waals surface area contributed by atoms with Crippen molar-refractivity contribution in [3.8, 4) is 0 Å². The van der Waals surface area contributed by atoms with Crippen LogP contribution in [0.25, 0.3) is 0 Å². The van der Waals surface area contributed by atoms with Crippen LogP contribution in [0.15, 0.2) is 0 Å². The molecule has 0 bridgehead atoms. The lowest BCUT2D eigenvalue weighted by molar-refractivity contribution is -0.141. The maximum Gasteiger partial charge on any atom is 0.304 e. The molecule has 2 amide bonds. The first-order valence-electron chi connectivity index (χ1n) is 7.35. The van der Waals surface area contributed by atoms with Crippen molar-refractivity contribution in [2.24, 2.45) is 5.92 Å². The number of carbonyl (C=O) groups excluding carboxylic acids is 2. The van der Waals surface area contributed by atoms with E-state index >= 15 is 0 Å². The van der Waals surface area contributed by atoms with Crippen molar-refractivity contribution in [1.29, 1.82) is 0 Å². The Bertz CT molecular complexity index is 398. The Morgan fingerprint density at radius 2 is 2.00 bits per heavy atom. The van der Waals surface area contributed by atoms with Crippen molar-refractivity contribution in [2.45, 2.75) is 45.2 Å². The van der Waals surface area contributed by atoms with Gasteiger partial charge in [-0.15, -0.1) is 0 Å². The minimum Gasteiger partial charge on any atom is -0.481 e. The van der Waals surface area contributed by atoms with Crippen molar-refractivity contribution in [3.63, 3.8) is 0 Å². The van der Waals surface area contributed by atoms with Crippen LogP contribution in [0.2, 0.25) is 0 Å². The number of nitrogens with zero attached hydrogens (tertiary/aromatic N) is 1. The summed E-state index contributed by atoms with van der Waals surface area (Å²) in [5.74, 6) is -1.14. The third-order valence-electron chi connectivity index (χ3n) is 3.72. The molecule has 7 heteroatoms. The average Bonchev–Trinajstić information content (AvgIpc) is 2.90. The number of hydrogen-bond acceptors (Lipinski definition) is 4. The SMILES string of the molecule is CNC(=O)C1CCCN1C(=O)C(NCCC(=O)O)C(C)C. The topological polar surface area (TPSA) is 98.7 Å². The second kappa shape index (κ2) is 7.97. The summed E-state index contributed by atoms with van der Waals surface area (Å²) in [7, 11) is 1.56. The molecule has 0 radical (unpaired) electrons. The number of hydrogen-bond donors (Lipinski definition) is 3. The van der Waals surface area contributed by atoms with Crippen LogP contribution in [0.1, 0.15) is 33.1 Å². The van der Waals surface area contributed by atoms with Crippen molar-refractivity contribution in [2.75, 3.05) is 20.1 Å². The Morgan fingerprint density at radius 1 is 1.33 bits per heavy atom. The molecule has 120 valence electrons. The smallest absolute Gasteiger partial charge is 0.304 e. The van der Waals surface area contributed by atoms with Gasteiger partial charge < -0.3 is 20.6 Å². The number of amides is 2. The van der Waals surface area contributed by atoms with E-state index in [0.717, 1.165) is 6.42 Å². The van der Waals surface area contributed by atoms with E-state index in [9.17, 15) is 14.4 Å². The van der Waals surface area contributed by atoms with Gasteiger partial charge in [0.05, 0.1) is 12.5 Å². The summed E-state index contributed by atoms with van der Waals surface area (Å²) in [5.41, 5.74) is 0. The zero-order valence-corrected chi connectivity index (χ0v) is 12.9. The molecule has 0 aromatic carbocycles. The number of likely N-dealkylation sites (N-methyl/N-ethyl adjacent to an activating group) is 1. The maximum absolute atomic E-state index is 12.6. The molecule has 0 aliphatic carbocycles. The summed E-state index contributed by atoms with van der Waals surface area (Å²) in [5, 5.41) is 14.3. The minimum absolute atomic E-state index is 0.0252. The van der Waals surface area contributed by atoms with E-state index in [4.69, 9.17) is 5.11 Å². The van der Waals surface area contributed by atoms with Crippen LogP contribution >= 0.6 is 0 Å². The predicted molar refractivity (Wildman–Crippen MR) is 77.7 cm³/mol. The number of carboxylic acids is 1. The zero-order valence-electron chi connectivity index (χ0n) is 12.9. The number of rotatable bonds is 7. The summed E-state index contributed by atoms with van der Waals surface area (Å²) < 4.78 is 0. The minimum atomic E-state index is -0.901. The maximum atomic E-state index is 12.6. The summed E-state index contributed by atoms with van der Waals surface area (Å²) in [6.45, 7) is 4.62. The first-order chi connectivity index (χ1) is 9.88. The van der Waals surface area contributed by atoms with Gasteiger partial charge in [0.25, 0.3) is 0 Å². The van der Waals surface area contributed by atoms with Crippen molar-refractivity contribution >= 4 is 17.8 Å². The molecule has 1 rings (SSSR count). The second-order valence-electron chi connectivity index (χ2n) is 5.62. The Labute approximate surface area is 125 Å². The van der Waals surface area contributed by atoms with E-state index in [1.165, 1.54) is 0 Å². The van der Waals surface area contributed by atoms with E-state index in [1.54, 1.807) is 11.9 Å². The highest BCUT2D eigenvalue weighted by Crippen LogP contribution is 2.20. The first kappa shape index (κ1) is 17.4. The van der Waals surface area contributed by atoms with Crippen molar-refractivity contribution in [1.82, 2.24) is 15.5 Å². The fourth-order valence-corrected chi connectivity index (χ4v) is 2.59. The summed E-state index contributed by atoms with van der Waals surface area (Å²) in [6, 6.07) is -0.875. The van der Waals surface area contributed by atoms with Gasteiger partial charge in [-0.2, -0.15) is 0 Å². The quantitative estimate of drug-likeness (QED) is 0.605. The fourth-order valence-electron chi connectivity index (χ4n) is 2.59. The number of carbonyl (C=O) groups is 3. The molecule has 0 spiro atoms. The fraction of sp³-hybridized carbons (Fsp3) is 0.786. The van der Waals surface area contributed by atoms with Gasteiger partial charge in [-0.1, -0.05) is 13.8 Å². The highest BCUT2D eigenvalue weighted by atomic mass is 16.4. The zero-order chi connectivity index (χ0) is 16.0. The van der Waals surface area contributed by atoms with Gasteiger partial charge >= 0.3 is 5.97 Å². The number of carboxylic acid groups (broad SMARTS) is 1. The van der Waals surface area contributed by atoms with Gasteiger partial charge in [-0.3, -0.25) is 14.4 Å². The van der Waals surface area contributed by atoms with E-state index in [1.807, 2.05) is 13.8 Å². The molecule has 0 aromatic rings. The van der Waals surface area contributed by atoms with Crippen LogP contribution in [-0.4, -0.2) is 60.0 Å². The third-order valence-corrected chi connectivity index (χ3v) is 3.72. The number of likely N-dealkylation sites (tertiary alicyclic amines) is 1. The molecular weight excluding hydrogens is 274 g/mol. The van der Waals surface area contributed by atoms with Crippen LogP contribution in [-0.2, 0) is 14.4 Å². The molecule has 1 saturated heterocycles. The van der Waals surface area contributed by atoms with Gasteiger partial charge in [0, 0.05) is 20.1 Å².